The van der Waals surface area contributed by atoms with E-state index in [0.717, 1.165) is 32.1 Å². The van der Waals surface area contributed by atoms with Crippen molar-refractivity contribution in [1.29, 1.82) is 0 Å². The summed E-state index contributed by atoms with van der Waals surface area (Å²) in [4.78, 5) is 26.4. The quantitative estimate of drug-likeness (QED) is 0.191. The smallest absolute Gasteiger partial charge is 0.323 e. The second-order valence-electron chi connectivity index (χ2n) is 13.8. The molecule has 0 unspecified atom stereocenters. The molecule has 0 saturated heterocycles. The van der Waals surface area contributed by atoms with Crippen LogP contribution in [-0.4, -0.2) is 56.5 Å². The van der Waals surface area contributed by atoms with Gasteiger partial charge in [0.25, 0.3) is 0 Å². The molecule has 1 aromatic rings. The van der Waals surface area contributed by atoms with Gasteiger partial charge in [-0.05, 0) is 55.2 Å². The van der Waals surface area contributed by atoms with Crippen molar-refractivity contribution in [3.05, 3.63) is 59.2 Å². The van der Waals surface area contributed by atoms with Crippen LogP contribution in [0.5, 0.6) is 0 Å². The fourth-order valence-corrected chi connectivity index (χ4v) is 8.66. The van der Waals surface area contributed by atoms with Crippen LogP contribution in [0.3, 0.4) is 0 Å². The summed E-state index contributed by atoms with van der Waals surface area (Å²) < 4.78 is 6.31. The predicted octanol–water partition coefficient (Wildman–Crippen LogP) is 4.03. The number of ketones is 1. The fourth-order valence-electron chi connectivity index (χ4n) is 8.66. The Balaban J connectivity index is 1.26. The molecule has 0 bridgehead atoms. The van der Waals surface area contributed by atoms with Crippen molar-refractivity contribution in [3.63, 3.8) is 0 Å². The van der Waals surface area contributed by atoms with Crippen LogP contribution in [0.1, 0.15) is 78.2 Å². The molecule has 2 fully saturated rings. The number of carbonyl (C=O) groups excluding carboxylic acids is 2. The van der Waals surface area contributed by atoms with Crippen molar-refractivity contribution in [3.8, 4) is 0 Å². The summed E-state index contributed by atoms with van der Waals surface area (Å²) in [6, 6.07) is 9.72. The molecule has 0 aromatic heterocycles. The van der Waals surface area contributed by atoms with Gasteiger partial charge in [-0.2, -0.15) is 0 Å². The number of unbranched alkanes of at least 4 members (excludes halogenated alkanes) is 3. The molecule has 7 nitrogen and oxygen atoms in total. The van der Waals surface area contributed by atoms with Gasteiger partial charge < -0.3 is 25.8 Å². The van der Waals surface area contributed by atoms with Crippen LogP contribution >= 0.6 is 0 Å². The van der Waals surface area contributed by atoms with Crippen molar-refractivity contribution in [1.82, 2.24) is 0 Å². The summed E-state index contributed by atoms with van der Waals surface area (Å²) in [5.74, 6) is -2.75. The number of aryl methyl sites for hydroxylation is 1. The highest BCUT2D eigenvalue weighted by Crippen LogP contribution is 2.76. The number of fused-ring (bicyclic) bond motifs is 5. The summed E-state index contributed by atoms with van der Waals surface area (Å²) in [5, 5.41) is 34.2. The van der Waals surface area contributed by atoms with Crippen molar-refractivity contribution < 1.29 is 29.6 Å². The van der Waals surface area contributed by atoms with Gasteiger partial charge in [0.2, 0.25) is 0 Å². The number of hydrogen-bond acceptors (Lipinski definition) is 7. The highest BCUT2D eigenvalue weighted by Gasteiger charge is 2.83. The Hall–Kier alpha value is -2.32. The third-order valence-electron chi connectivity index (χ3n) is 11.0. The number of nitrogens with two attached hydrogens (primary N) is 1. The normalized spacial score (nSPS) is 37.6. The number of benzene rings is 1. The van der Waals surface area contributed by atoms with Crippen LogP contribution in [0.15, 0.2) is 53.6 Å². The maximum atomic E-state index is 13.3. The maximum absolute atomic E-state index is 13.3. The minimum atomic E-state index is -1.80. The van der Waals surface area contributed by atoms with Gasteiger partial charge in [0.1, 0.15) is 17.2 Å². The van der Waals surface area contributed by atoms with Crippen LogP contribution in [-0.2, 0) is 20.7 Å². The summed E-state index contributed by atoms with van der Waals surface area (Å²) in [7, 11) is 0. The van der Waals surface area contributed by atoms with E-state index in [0.29, 0.717) is 24.0 Å². The molecule has 0 amide bonds. The maximum Gasteiger partial charge on any atom is 0.323 e. The highest BCUT2D eigenvalue weighted by atomic mass is 16.6. The lowest BCUT2D eigenvalue weighted by Gasteiger charge is -2.50. The minimum Gasteiger partial charge on any atom is -0.457 e. The first kappa shape index (κ1) is 30.1. The average molecular weight is 566 g/mol. The van der Waals surface area contributed by atoms with Gasteiger partial charge in [0, 0.05) is 29.6 Å². The number of ether oxygens (including phenoxy) is 1. The molecule has 5 rings (SSSR count). The third kappa shape index (κ3) is 4.73. The van der Waals surface area contributed by atoms with Crippen LogP contribution in [0, 0.1) is 29.1 Å². The van der Waals surface area contributed by atoms with Gasteiger partial charge in [0.15, 0.2) is 5.78 Å². The summed E-state index contributed by atoms with van der Waals surface area (Å²) in [6.07, 6.45) is 9.59. The summed E-state index contributed by atoms with van der Waals surface area (Å²) in [5.41, 5.74) is 4.14. The Morgan fingerprint density at radius 3 is 2.46 bits per heavy atom. The summed E-state index contributed by atoms with van der Waals surface area (Å²) >= 11 is 0. The number of aliphatic hydroxyl groups is 3. The van der Waals surface area contributed by atoms with E-state index in [1.807, 2.05) is 32.9 Å². The molecule has 0 spiro atoms. The van der Waals surface area contributed by atoms with Gasteiger partial charge in [0.05, 0.1) is 12.2 Å². The second kappa shape index (κ2) is 10.7. The van der Waals surface area contributed by atoms with E-state index in [1.54, 1.807) is 13.0 Å². The largest absolute Gasteiger partial charge is 0.457 e. The number of hydrogen-bond donors (Lipinski definition) is 4. The van der Waals surface area contributed by atoms with E-state index in [-0.39, 0.29) is 24.9 Å². The van der Waals surface area contributed by atoms with Crippen LogP contribution < -0.4 is 5.73 Å². The standard InChI is InChI=1S/C34H47NO6/c1-21-16-27-32(39,29(21)37)19-24(20-36)17-25-28-31(3,4)33(28,18-22(2)34(25,27)40)41-30(38)26(35)15-11-6-5-8-12-23-13-9-7-10-14-23/h7,9-10,13-14,16-17,22,25-28,36,39-40H,5-6,8,11-12,15,18-20,35H2,1-4H3/t22-,25+,26+,27-,28-,32-,33+,34-/m1/s1. The van der Waals surface area contributed by atoms with Gasteiger partial charge >= 0.3 is 5.97 Å². The minimum absolute atomic E-state index is 0.0253. The number of carbonyl (C=O) groups is 2. The number of rotatable bonds is 10. The zero-order valence-electron chi connectivity index (χ0n) is 24.9. The van der Waals surface area contributed by atoms with Gasteiger partial charge in [-0.3, -0.25) is 9.59 Å². The average Bonchev–Trinajstić information content (AvgIpc) is 3.34. The number of aliphatic hydroxyl groups excluding tert-OH is 1. The Bertz CT molecular complexity index is 1240. The lowest BCUT2D eigenvalue weighted by atomic mass is 9.60. The Kier molecular flexibility index (Phi) is 7.90. The first-order valence-corrected chi connectivity index (χ1v) is 15.3. The lowest BCUT2D eigenvalue weighted by molar-refractivity contribution is -0.187. The SMILES string of the molecule is CC1=C[C@H]2[C@@]3(O)[C@H](C)C[C@]4(OC(=O)[C@@H](N)CCCCCCc5ccccc5)[C@H]([C@@H]3C=C(CO)C[C@]2(O)C1=O)C4(C)C. The highest BCUT2D eigenvalue weighted by molar-refractivity contribution is 6.04. The predicted molar refractivity (Wildman–Crippen MR) is 157 cm³/mol. The van der Waals surface area contributed by atoms with Crippen molar-refractivity contribution in [2.75, 3.05) is 6.61 Å². The van der Waals surface area contributed by atoms with Crippen molar-refractivity contribution >= 4 is 11.8 Å². The molecule has 0 aliphatic heterocycles. The van der Waals surface area contributed by atoms with Gasteiger partial charge in [-0.25, -0.2) is 0 Å². The number of Topliss-reactive ketones (excluding diaryl/α,β-unsaturated/α-hetero) is 1. The molecule has 2 saturated carbocycles. The monoisotopic (exact) mass is 565 g/mol. The molecule has 8 atom stereocenters. The van der Waals surface area contributed by atoms with E-state index in [9.17, 15) is 24.9 Å². The third-order valence-corrected chi connectivity index (χ3v) is 11.0. The van der Waals surface area contributed by atoms with E-state index < -0.39 is 51.8 Å². The van der Waals surface area contributed by atoms with Crippen molar-refractivity contribution in [2.24, 2.45) is 34.8 Å². The molecular formula is C34H47NO6. The van der Waals surface area contributed by atoms with Crippen molar-refractivity contribution in [2.45, 2.75) is 102 Å². The Morgan fingerprint density at radius 1 is 1.10 bits per heavy atom. The van der Waals surface area contributed by atoms with E-state index in [4.69, 9.17) is 10.5 Å². The molecule has 41 heavy (non-hydrogen) atoms. The second-order valence-corrected chi connectivity index (χ2v) is 13.8. The zero-order chi connectivity index (χ0) is 29.8. The Morgan fingerprint density at radius 2 is 1.78 bits per heavy atom. The van der Waals surface area contributed by atoms with Crippen LogP contribution in [0.25, 0.3) is 0 Å². The number of esters is 1. The molecular weight excluding hydrogens is 518 g/mol. The Labute approximate surface area is 243 Å². The van der Waals surface area contributed by atoms with Crippen LogP contribution in [0.4, 0.5) is 0 Å². The van der Waals surface area contributed by atoms with Gasteiger partial charge in [-0.15, -0.1) is 0 Å². The van der Waals surface area contributed by atoms with E-state index in [2.05, 4.69) is 24.3 Å². The molecule has 7 heteroatoms. The van der Waals surface area contributed by atoms with E-state index in [1.165, 1.54) is 5.56 Å². The molecule has 5 N–H and O–H groups in total. The molecule has 4 aliphatic carbocycles. The first-order chi connectivity index (χ1) is 19.3. The fraction of sp³-hybridized carbons (Fsp3) is 0.647. The summed E-state index contributed by atoms with van der Waals surface area (Å²) in [6.45, 7) is 7.35. The topological polar surface area (TPSA) is 130 Å². The first-order valence-electron chi connectivity index (χ1n) is 15.3. The van der Waals surface area contributed by atoms with E-state index >= 15 is 0 Å². The lowest BCUT2D eigenvalue weighted by Crippen LogP contribution is -2.61. The zero-order valence-corrected chi connectivity index (χ0v) is 24.9. The molecule has 0 heterocycles. The molecule has 224 valence electrons. The van der Waals surface area contributed by atoms with Gasteiger partial charge in [-0.1, -0.05) is 82.5 Å². The molecule has 1 aromatic carbocycles. The van der Waals surface area contributed by atoms with Crippen LogP contribution in [0.2, 0.25) is 0 Å². The molecule has 0 radical (unpaired) electrons. The molecule has 4 aliphatic rings.